The Kier molecular flexibility index (Phi) is 3.25. The van der Waals surface area contributed by atoms with Crippen LogP contribution in [0.15, 0.2) is 24.3 Å². The van der Waals surface area contributed by atoms with Crippen LogP contribution in [-0.2, 0) is 12.8 Å². The molecule has 1 heterocycles. The number of aryl methyl sites for hydroxylation is 2. The van der Waals surface area contributed by atoms with Gasteiger partial charge in [-0.2, -0.15) is 10.5 Å². The molecule has 102 valence electrons. The van der Waals surface area contributed by atoms with Gasteiger partial charge >= 0.3 is 0 Å². The summed E-state index contributed by atoms with van der Waals surface area (Å²) >= 11 is 0. The summed E-state index contributed by atoms with van der Waals surface area (Å²) in [6.07, 6.45) is 2.87. The average Bonchev–Trinajstić information content (AvgIpc) is 2.95. The molecule has 0 aliphatic heterocycles. The van der Waals surface area contributed by atoms with Gasteiger partial charge in [0.15, 0.2) is 0 Å². The quantitative estimate of drug-likeness (QED) is 0.915. The van der Waals surface area contributed by atoms with E-state index in [1.54, 1.807) is 0 Å². The van der Waals surface area contributed by atoms with Crippen LogP contribution in [0.25, 0.3) is 0 Å². The number of nitrogens with one attached hydrogen (secondary N) is 1. The van der Waals surface area contributed by atoms with Gasteiger partial charge in [0.1, 0.15) is 23.8 Å². The fourth-order valence-corrected chi connectivity index (χ4v) is 2.50. The summed E-state index contributed by atoms with van der Waals surface area (Å²) in [4.78, 5) is 4.48. The third-order valence-electron chi connectivity index (χ3n) is 3.53. The van der Waals surface area contributed by atoms with Crippen molar-refractivity contribution >= 4 is 11.5 Å². The second-order valence-corrected chi connectivity index (χ2v) is 4.88. The van der Waals surface area contributed by atoms with Crippen LogP contribution in [0.1, 0.15) is 28.8 Å². The highest BCUT2D eigenvalue weighted by Crippen LogP contribution is 2.28. The van der Waals surface area contributed by atoms with Crippen LogP contribution < -0.4 is 5.32 Å². The minimum atomic E-state index is -0.473. The minimum absolute atomic E-state index is 0.182. The number of anilines is 2. The Morgan fingerprint density at radius 1 is 1.10 bits per heavy atom. The maximum Gasteiger partial charge on any atom is 0.148 e. The number of pyridine rings is 1. The van der Waals surface area contributed by atoms with Crippen LogP contribution in [0, 0.1) is 28.5 Å². The molecule has 1 aromatic heterocycles. The SMILES string of the molecule is N#Cc1cc(F)ccc1Nc1nc2c(cc1C#N)CCC2. The normalized spacial score (nSPS) is 12.3. The molecule has 0 bridgehead atoms. The largest absolute Gasteiger partial charge is 0.338 e. The first-order chi connectivity index (χ1) is 10.2. The van der Waals surface area contributed by atoms with Crippen molar-refractivity contribution in [1.82, 2.24) is 4.98 Å². The van der Waals surface area contributed by atoms with Gasteiger partial charge in [0.05, 0.1) is 16.8 Å². The Bertz CT molecular complexity index is 799. The van der Waals surface area contributed by atoms with Gasteiger partial charge in [0.2, 0.25) is 0 Å². The number of halogens is 1. The van der Waals surface area contributed by atoms with Gasteiger partial charge in [-0.25, -0.2) is 9.37 Å². The molecule has 0 amide bonds. The third-order valence-corrected chi connectivity index (χ3v) is 3.53. The van der Waals surface area contributed by atoms with E-state index in [2.05, 4.69) is 16.4 Å². The second kappa shape index (κ2) is 5.22. The minimum Gasteiger partial charge on any atom is -0.338 e. The smallest absolute Gasteiger partial charge is 0.148 e. The summed E-state index contributed by atoms with van der Waals surface area (Å²) in [6, 6.07) is 9.78. The first kappa shape index (κ1) is 13.1. The molecule has 0 radical (unpaired) electrons. The molecule has 21 heavy (non-hydrogen) atoms. The number of rotatable bonds is 2. The maximum atomic E-state index is 13.2. The summed E-state index contributed by atoms with van der Waals surface area (Å²) in [6.45, 7) is 0. The molecule has 3 rings (SSSR count). The zero-order valence-electron chi connectivity index (χ0n) is 11.2. The molecule has 1 aromatic carbocycles. The molecule has 1 N–H and O–H groups in total. The van der Waals surface area contributed by atoms with Crippen molar-refractivity contribution in [3.8, 4) is 12.1 Å². The number of nitriles is 2. The fraction of sp³-hybridized carbons (Fsp3) is 0.188. The molecule has 4 nitrogen and oxygen atoms in total. The van der Waals surface area contributed by atoms with E-state index < -0.39 is 5.82 Å². The van der Waals surface area contributed by atoms with Gasteiger partial charge in [0, 0.05) is 5.69 Å². The first-order valence-electron chi connectivity index (χ1n) is 6.61. The summed E-state index contributed by atoms with van der Waals surface area (Å²) in [5, 5.41) is 21.3. The molecule has 2 aromatic rings. The Labute approximate surface area is 121 Å². The highest BCUT2D eigenvalue weighted by atomic mass is 19.1. The summed E-state index contributed by atoms with van der Waals surface area (Å²) in [7, 11) is 0. The molecule has 0 saturated heterocycles. The molecule has 5 heteroatoms. The van der Waals surface area contributed by atoms with Gasteiger partial charge in [0.25, 0.3) is 0 Å². The van der Waals surface area contributed by atoms with E-state index >= 15 is 0 Å². The summed E-state index contributed by atoms with van der Waals surface area (Å²) in [5.41, 5.74) is 3.15. The molecular formula is C16H11FN4. The van der Waals surface area contributed by atoms with Crippen molar-refractivity contribution in [1.29, 1.82) is 10.5 Å². The molecular weight excluding hydrogens is 267 g/mol. The van der Waals surface area contributed by atoms with E-state index in [0.29, 0.717) is 17.1 Å². The monoisotopic (exact) mass is 278 g/mol. The van der Waals surface area contributed by atoms with Gasteiger partial charge < -0.3 is 5.32 Å². The van der Waals surface area contributed by atoms with Gasteiger partial charge in [-0.3, -0.25) is 0 Å². The Morgan fingerprint density at radius 3 is 2.67 bits per heavy atom. The van der Waals surface area contributed by atoms with E-state index in [1.165, 1.54) is 12.1 Å². The molecule has 0 atom stereocenters. The van der Waals surface area contributed by atoms with Crippen LogP contribution >= 0.6 is 0 Å². The van der Waals surface area contributed by atoms with Crippen LogP contribution in [-0.4, -0.2) is 4.98 Å². The highest BCUT2D eigenvalue weighted by Gasteiger charge is 2.17. The van der Waals surface area contributed by atoms with E-state index in [4.69, 9.17) is 5.26 Å². The third kappa shape index (κ3) is 2.42. The topological polar surface area (TPSA) is 72.5 Å². The summed E-state index contributed by atoms with van der Waals surface area (Å²) in [5.74, 6) is -0.0548. The first-order valence-corrected chi connectivity index (χ1v) is 6.61. The molecule has 0 spiro atoms. The van der Waals surface area contributed by atoms with E-state index in [0.717, 1.165) is 36.6 Å². The number of benzene rings is 1. The molecule has 0 unspecified atom stereocenters. The number of hydrogen-bond donors (Lipinski definition) is 1. The van der Waals surface area contributed by atoms with Crippen LogP contribution in [0.5, 0.6) is 0 Å². The number of nitrogens with zero attached hydrogens (tertiary/aromatic N) is 3. The number of hydrogen-bond acceptors (Lipinski definition) is 4. The zero-order valence-corrected chi connectivity index (χ0v) is 11.2. The zero-order chi connectivity index (χ0) is 14.8. The fourth-order valence-electron chi connectivity index (χ4n) is 2.50. The van der Waals surface area contributed by atoms with Crippen molar-refractivity contribution in [2.45, 2.75) is 19.3 Å². The number of fused-ring (bicyclic) bond motifs is 1. The lowest BCUT2D eigenvalue weighted by molar-refractivity contribution is 0.627. The van der Waals surface area contributed by atoms with E-state index in [1.807, 2.05) is 12.1 Å². The van der Waals surface area contributed by atoms with Crippen molar-refractivity contribution in [3.63, 3.8) is 0 Å². The van der Waals surface area contributed by atoms with Crippen molar-refractivity contribution in [2.24, 2.45) is 0 Å². The van der Waals surface area contributed by atoms with E-state index in [9.17, 15) is 9.65 Å². The molecule has 0 saturated carbocycles. The van der Waals surface area contributed by atoms with Crippen molar-refractivity contribution in [3.05, 3.63) is 52.5 Å². The predicted molar refractivity (Wildman–Crippen MR) is 75.4 cm³/mol. The Hall–Kier alpha value is -2.92. The second-order valence-electron chi connectivity index (χ2n) is 4.88. The average molecular weight is 278 g/mol. The van der Waals surface area contributed by atoms with Crippen LogP contribution in [0.2, 0.25) is 0 Å². The Balaban J connectivity index is 2.03. The number of aromatic nitrogens is 1. The lowest BCUT2D eigenvalue weighted by Gasteiger charge is -2.11. The maximum absolute atomic E-state index is 13.2. The summed E-state index contributed by atoms with van der Waals surface area (Å²) < 4.78 is 13.2. The highest BCUT2D eigenvalue weighted by molar-refractivity contribution is 5.68. The Morgan fingerprint density at radius 2 is 1.90 bits per heavy atom. The standard InChI is InChI=1S/C16H11FN4/c17-13-4-5-15(11(7-13)8-18)21-16-12(9-19)6-10-2-1-3-14(10)20-16/h4-7H,1-3H2,(H,20,21). The van der Waals surface area contributed by atoms with Gasteiger partial charge in [-0.05, 0) is 49.1 Å². The lowest BCUT2D eigenvalue weighted by Crippen LogP contribution is -2.02. The molecule has 1 aliphatic rings. The van der Waals surface area contributed by atoms with Crippen molar-refractivity contribution in [2.75, 3.05) is 5.32 Å². The van der Waals surface area contributed by atoms with E-state index in [-0.39, 0.29) is 5.56 Å². The molecule has 0 fully saturated rings. The van der Waals surface area contributed by atoms with Crippen LogP contribution in [0.3, 0.4) is 0 Å². The van der Waals surface area contributed by atoms with Crippen molar-refractivity contribution < 1.29 is 4.39 Å². The van der Waals surface area contributed by atoms with Gasteiger partial charge in [-0.15, -0.1) is 0 Å². The lowest BCUT2D eigenvalue weighted by atomic mass is 10.1. The van der Waals surface area contributed by atoms with Crippen LogP contribution in [0.4, 0.5) is 15.9 Å². The predicted octanol–water partition coefficient (Wildman–Crippen LogP) is 3.20. The van der Waals surface area contributed by atoms with Gasteiger partial charge in [-0.1, -0.05) is 0 Å². The molecule has 1 aliphatic carbocycles.